The van der Waals surface area contributed by atoms with Crippen molar-refractivity contribution in [3.05, 3.63) is 0 Å². The molecule has 134 valence electrons. The summed E-state index contributed by atoms with van der Waals surface area (Å²) in [5.74, 6) is 0.489. The van der Waals surface area contributed by atoms with Gasteiger partial charge in [0, 0.05) is 7.11 Å². The fourth-order valence-corrected chi connectivity index (χ4v) is 85.8. The monoisotopic (exact) mass is 497 g/mol. The molecule has 1 atom stereocenters. The molecule has 2 N–H and O–H groups in total. The highest BCUT2D eigenvalue weighted by Crippen LogP contribution is 2.09. The lowest BCUT2D eigenvalue weighted by atomic mass is 10.5. The molecule has 0 amide bonds. The Kier molecular flexibility index (Phi) is 11.8. The average molecular weight is 498 g/mol. The molecule has 1 unspecified atom stereocenters. The summed E-state index contributed by atoms with van der Waals surface area (Å²) in [5.41, 5.74) is 5.34. The molecule has 0 aromatic carbocycles. The third kappa shape index (κ3) is 6.99. The molecule has 0 aliphatic heterocycles. The van der Waals surface area contributed by atoms with E-state index in [0.717, 1.165) is 0 Å². The Bertz CT molecular complexity index is 664. The maximum Gasteiger partial charge on any atom is 0.381 e. The van der Waals surface area contributed by atoms with Crippen LogP contribution in [0, 0.1) is 0 Å². The lowest BCUT2D eigenvalue weighted by molar-refractivity contribution is 0.449. The Morgan fingerprint density at radius 2 is 1.44 bits per heavy atom. The lowest BCUT2D eigenvalue weighted by Gasteiger charge is -2.14. The van der Waals surface area contributed by atoms with Crippen molar-refractivity contribution in [1.82, 2.24) is 0 Å². The van der Waals surface area contributed by atoms with Gasteiger partial charge in [0.15, 0.2) is 7.59 Å². The Balaban J connectivity index is 5.30. The molecular formula is C6H15NO9Si9. The second-order valence-electron chi connectivity index (χ2n) is 5.04. The van der Waals surface area contributed by atoms with Gasteiger partial charge in [-0.15, -0.1) is 0 Å². The zero-order valence-electron chi connectivity index (χ0n) is 13.5. The van der Waals surface area contributed by atoms with Gasteiger partial charge in [-0.3, -0.25) is 0 Å². The quantitative estimate of drug-likeness (QED) is 0.198. The first-order chi connectivity index (χ1) is 11.6. The Hall–Kier alpha value is 0.142. The van der Waals surface area contributed by atoms with Crippen LogP contribution in [0.25, 0.3) is 0 Å². The summed E-state index contributed by atoms with van der Waals surface area (Å²) in [4.78, 5) is 11.3. The van der Waals surface area contributed by atoms with Gasteiger partial charge in [-0.25, -0.2) is 0 Å². The SMILES string of the molecule is CO[Si][Si](=O)[Si](=O)[Si](=O)[Si](=O)[Si](=O)[Si](=O)[Si](=O)[Si](C)(C=O)CCCN. The summed E-state index contributed by atoms with van der Waals surface area (Å²) < 4.78 is 89.0. The second kappa shape index (κ2) is 11.8. The van der Waals surface area contributed by atoms with Crippen molar-refractivity contribution in [2.24, 2.45) is 5.73 Å². The molecule has 0 spiro atoms. The van der Waals surface area contributed by atoms with E-state index in [1.165, 1.54) is 13.7 Å². The van der Waals surface area contributed by atoms with Crippen LogP contribution in [0.4, 0.5) is 0 Å². The maximum absolute atomic E-state index is 12.5. The van der Waals surface area contributed by atoms with Crippen LogP contribution in [0.3, 0.4) is 0 Å². The van der Waals surface area contributed by atoms with E-state index in [2.05, 4.69) is 4.43 Å². The highest BCUT2D eigenvalue weighted by atomic mass is 30.0. The average Bonchev–Trinajstić information content (AvgIpc) is 2.62. The minimum absolute atomic E-state index is 0.200. The molecule has 0 heterocycles. The fourth-order valence-electron chi connectivity index (χ4n) is 1.61. The van der Waals surface area contributed by atoms with Crippen LogP contribution in [0.2, 0.25) is 12.6 Å². The molecule has 0 aromatic heterocycles. The standard InChI is InChI=1S/C6H15NO9Si9/c1-16-17-18(9)19(10)20(11)21(12)22(13)23(14)24(15)25(2,6-8)5-3-4-7/h6H,3-5,7H2,1-2H3. The van der Waals surface area contributed by atoms with Gasteiger partial charge in [0.25, 0.3) is 9.28 Å². The van der Waals surface area contributed by atoms with Crippen LogP contribution in [0.15, 0.2) is 0 Å². The largest absolute Gasteiger partial charge is 0.417 e. The first-order valence-corrected chi connectivity index (χ1v) is 28.4. The first-order valence-electron chi connectivity index (χ1n) is 6.83. The predicted molar refractivity (Wildman–Crippen MR) is 94.7 cm³/mol. The number of nitrogens with two attached hydrogens (primary N) is 1. The molecule has 0 saturated heterocycles. The molecule has 0 aliphatic rings. The van der Waals surface area contributed by atoms with Crippen LogP contribution in [-0.2, 0) is 40.5 Å². The first kappa shape index (κ1) is 25.1. The van der Waals surface area contributed by atoms with E-state index in [0.29, 0.717) is 12.3 Å². The van der Waals surface area contributed by atoms with Gasteiger partial charge >= 0.3 is 54.0 Å². The minimum atomic E-state index is -3.55. The Morgan fingerprint density at radius 3 is 1.88 bits per heavy atom. The molecule has 0 rings (SSSR count). The summed E-state index contributed by atoms with van der Waals surface area (Å²) in [6.45, 7) is 1.67. The zero-order chi connectivity index (χ0) is 19.8. The molecule has 25 heavy (non-hydrogen) atoms. The number of hydrogen-bond acceptors (Lipinski definition) is 10. The molecule has 0 aromatic rings. The predicted octanol–water partition coefficient (Wildman–Crippen LogP) is -3.55. The lowest BCUT2D eigenvalue weighted by Crippen LogP contribution is -2.57. The van der Waals surface area contributed by atoms with Crippen molar-refractivity contribution in [1.29, 1.82) is 0 Å². The molecule has 0 fully saturated rings. The smallest absolute Gasteiger partial charge is 0.381 e. The molecule has 19 heteroatoms. The third-order valence-corrected chi connectivity index (χ3v) is 65.8. The number of carbonyl (C=O) groups is 1. The minimum Gasteiger partial charge on any atom is -0.417 e. The summed E-state index contributed by atoms with van der Waals surface area (Å²) in [5, 5.41) is 0. The van der Waals surface area contributed by atoms with Crippen LogP contribution >= 0.6 is 0 Å². The van der Waals surface area contributed by atoms with Gasteiger partial charge in [-0.2, -0.15) is 0 Å². The second-order valence-corrected chi connectivity index (χ2v) is 47.4. The molecule has 10 nitrogen and oxygen atoms in total. The number of carbonyl (C=O) groups excluding carboxylic acids is 1. The van der Waals surface area contributed by atoms with E-state index < -0.39 is 70.9 Å². The third-order valence-electron chi connectivity index (χ3n) is 3.11. The highest BCUT2D eigenvalue weighted by Gasteiger charge is 2.52. The van der Waals surface area contributed by atoms with Crippen LogP contribution in [-0.4, -0.2) is 90.5 Å². The number of hydrogen-bond donors (Lipinski definition) is 1. The summed E-state index contributed by atoms with van der Waals surface area (Å²) in [6, 6.07) is 0.200. The van der Waals surface area contributed by atoms with E-state index in [4.69, 9.17) is 5.73 Å². The Labute approximate surface area is 155 Å². The van der Waals surface area contributed by atoms with Gasteiger partial charge in [0.2, 0.25) is 0 Å². The molecule has 0 bridgehead atoms. The summed E-state index contributed by atoms with van der Waals surface area (Å²) in [7, 11) is -25.8. The zero-order valence-corrected chi connectivity index (χ0v) is 22.5. The van der Waals surface area contributed by atoms with Crippen molar-refractivity contribution in [2.45, 2.75) is 19.0 Å². The van der Waals surface area contributed by atoms with E-state index >= 15 is 0 Å². The molecule has 0 aliphatic carbocycles. The summed E-state index contributed by atoms with van der Waals surface area (Å²) >= 11 is 0. The van der Waals surface area contributed by atoms with Gasteiger partial charge in [0.1, 0.15) is 5.91 Å². The van der Waals surface area contributed by atoms with Gasteiger partial charge < -0.3 is 46.2 Å². The van der Waals surface area contributed by atoms with Crippen LogP contribution in [0.5, 0.6) is 0 Å². The summed E-state index contributed by atoms with van der Waals surface area (Å²) in [6.07, 6.45) is 0.382. The van der Waals surface area contributed by atoms with Crippen molar-refractivity contribution < 1.29 is 40.5 Å². The normalized spacial score (nSPS) is 12.6. The maximum atomic E-state index is 12.5. The van der Waals surface area contributed by atoms with E-state index in [1.54, 1.807) is 0 Å². The van der Waals surface area contributed by atoms with E-state index in [1.807, 2.05) is 0 Å². The molecule has 0 saturated carbocycles. The Morgan fingerprint density at radius 1 is 0.960 bits per heavy atom. The van der Waals surface area contributed by atoms with Crippen molar-refractivity contribution in [3.63, 3.8) is 0 Å². The van der Waals surface area contributed by atoms with Crippen LogP contribution in [0.1, 0.15) is 6.42 Å². The van der Waals surface area contributed by atoms with E-state index in [-0.39, 0.29) is 12.6 Å². The highest BCUT2D eigenvalue weighted by molar-refractivity contribution is 7.77. The van der Waals surface area contributed by atoms with Crippen molar-refractivity contribution in [2.75, 3.05) is 13.7 Å². The van der Waals surface area contributed by atoms with E-state index in [9.17, 15) is 36.0 Å². The van der Waals surface area contributed by atoms with Crippen molar-refractivity contribution in [3.8, 4) is 0 Å². The van der Waals surface area contributed by atoms with Crippen LogP contribution < -0.4 is 5.73 Å². The number of rotatable bonds is 13. The van der Waals surface area contributed by atoms with Gasteiger partial charge in [-0.1, -0.05) is 6.55 Å². The topological polar surface area (TPSA) is 172 Å². The molecular weight excluding hydrogens is 483 g/mol. The molecule has 2 radical (unpaired) electrons. The van der Waals surface area contributed by atoms with Gasteiger partial charge in [0.05, 0.1) is 0 Å². The van der Waals surface area contributed by atoms with Gasteiger partial charge in [-0.05, 0) is 19.0 Å². The van der Waals surface area contributed by atoms with Crippen molar-refractivity contribution >= 4 is 76.8 Å². The fraction of sp³-hybridized carbons (Fsp3) is 0.833.